The van der Waals surface area contributed by atoms with Gasteiger partial charge in [-0.1, -0.05) is 18.2 Å². The van der Waals surface area contributed by atoms with Crippen molar-refractivity contribution < 1.29 is 4.74 Å². The Morgan fingerprint density at radius 2 is 1.93 bits per heavy atom. The summed E-state index contributed by atoms with van der Waals surface area (Å²) in [4.78, 5) is 13.6. The van der Waals surface area contributed by atoms with Crippen molar-refractivity contribution in [2.24, 2.45) is 4.99 Å². The zero-order valence-corrected chi connectivity index (χ0v) is 19.9. The number of guanidine groups is 1. The molecule has 0 unspecified atom stereocenters. The van der Waals surface area contributed by atoms with Crippen LogP contribution in [0.4, 0.5) is 5.82 Å². The zero-order chi connectivity index (χ0) is 19.8. The van der Waals surface area contributed by atoms with Gasteiger partial charge >= 0.3 is 0 Å². The Kier molecular flexibility index (Phi) is 9.50. The highest BCUT2D eigenvalue weighted by Gasteiger charge is 2.22. The lowest BCUT2D eigenvalue weighted by Gasteiger charge is -2.34. The number of hydrogen-bond donors (Lipinski definition) is 1. The number of rotatable bonds is 6. The fourth-order valence-electron chi connectivity index (χ4n) is 3.27. The molecular weight excluding hydrogens is 477 g/mol. The summed E-state index contributed by atoms with van der Waals surface area (Å²) < 4.78 is 6.11. The smallest absolute Gasteiger partial charge is 0.194 e. The number of nitrogens with one attached hydrogen (secondary N) is 1. The van der Waals surface area contributed by atoms with Gasteiger partial charge in [0, 0.05) is 52.8 Å². The molecule has 3 rings (SSSR count). The van der Waals surface area contributed by atoms with Crippen LogP contribution < -0.4 is 15.0 Å². The SMILES string of the molecule is CCNC(=NCc1ccnc(N(C)C)c1)N1CCC(Oc2ccccc2)CC1.I. The van der Waals surface area contributed by atoms with Gasteiger partial charge < -0.3 is 19.9 Å². The summed E-state index contributed by atoms with van der Waals surface area (Å²) in [6.07, 6.45) is 4.11. The van der Waals surface area contributed by atoms with Gasteiger partial charge in [0.05, 0.1) is 6.54 Å². The van der Waals surface area contributed by atoms with Crippen LogP contribution in [0, 0.1) is 0 Å². The molecule has 1 saturated heterocycles. The molecule has 1 N–H and O–H groups in total. The maximum Gasteiger partial charge on any atom is 0.194 e. The molecule has 0 atom stereocenters. The van der Waals surface area contributed by atoms with Gasteiger partial charge in [-0.3, -0.25) is 0 Å². The molecule has 0 saturated carbocycles. The van der Waals surface area contributed by atoms with Gasteiger partial charge in [0.2, 0.25) is 0 Å². The molecule has 1 aromatic heterocycles. The lowest BCUT2D eigenvalue weighted by molar-refractivity contribution is 0.129. The number of ether oxygens (including phenoxy) is 1. The first-order valence-corrected chi connectivity index (χ1v) is 10.0. The summed E-state index contributed by atoms with van der Waals surface area (Å²) in [5.74, 6) is 2.89. The van der Waals surface area contributed by atoms with Crippen molar-refractivity contribution in [2.75, 3.05) is 38.6 Å². The number of pyridine rings is 1. The maximum atomic E-state index is 6.11. The Morgan fingerprint density at radius 1 is 1.21 bits per heavy atom. The third-order valence-electron chi connectivity index (χ3n) is 4.80. The van der Waals surface area contributed by atoms with Crippen LogP contribution in [0.25, 0.3) is 0 Å². The fourth-order valence-corrected chi connectivity index (χ4v) is 3.27. The molecule has 6 nitrogen and oxygen atoms in total. The van der Waals surface area contributed by atoms with Crippen LogP contribution in [0.1, 0.15) is 25.3 Å². The molecule has 2 heterocycles. The van der Waals surface area contributed by atoms with E-state index in [1.807, 2.05) is 61.6 Å². The molecule has 0 amide bonds. The number of aliphatic imine (C=N–C) groups is 1. The summed E-state index contributed by atoms with van der Waals surface area (Å²) in [6, 6.07) is 14.2. The lowest BCUT2D eigenvalue weighted by atomic mass is 10.1. The molecule has 158 valence electrons. The maximum absolute atomic E-state index is 6.11. The van der Waals surface area contributed by atoms with E-state index in [2.05, 4.69) is 28.2 Å². The van der Waals surface area contributed by atoms with Gasteiger partial charge in [-0.15, -0.1) is 24.0 Å². The van der Waals surface area contributed by atoms with E-state index in [1.54, 1.807) is 0 Å². The Hall–Kier alpha value is -2.03. The number of halogens is 1. The van der Waals surface area contributed by atoms with E-state index >= 15 is 0 Å². The van der Waals surface area contributed by atoms with Crippen molar-refractivity contribution in [2.45, 2.75) is 32.4 Å². The summed E-state index contributed by atoms with van der Waals surface area (Å²) in [6.45, 7) is 5.51. The Morgan fingerprint density at radius 3 is 2.59 bits per heavy atom. The highest BCUT2D eigenvalue weighted by Crippen LogP contribution is 2.19. The van der Waals surface area contributed by atoms with Crippen LogP contribution in [0.3, 0.4) is 0 Å². The first-order valence-electron chi connectivity index (χ1n) is 10.0. The largest absolute Gasteiger partial charge is 0.490 e. The second-order valence-corrected chi connectivity index (χ2v) is 7.20. The second kappa shape index (κ2) is 11.8. The highest BCUT2D eigenvalue weighted by atomic mass is 127. The molecule has 29 heavy (non-hydrogen) atoms. The van der Waals surface area contributed by atoms with Crippen LogP contribution in [-0.4, -0.2) is 55.7 Å². The Balaban J connectivity index is 0.00000300. The average molecular weight is 509 g/mol. The molecular formula is C22H32IN5O. The second-order valence-electron chi connectivity index (χ2n) is 7.20. The summed E-state index contributed by atoms with van der Waals surface area (Å²) in [7, 11) is 4.00. The number of hydrogen-bond acceptors (Lipinski definition) is 4. The predicted molar refractivity (Wildman–Crippen MR) is 130 cm³/mol. The van der Waals surface area contributed by atoms with E-state index in [-0.39, 0.29) is 30.1 Å². The number of benzene rings is 1. The topological polar surface area (TPSA) is 53.0 Å². The molecule has 1 aromatic carbocycles. The molecule has 1 aliphatic heterocycles. The number of piperidine rings is 1. The van der Waals surface area contributed by atoms with E-state index in [1.165, 1.54) is 0 Å². The van der Waals surface area contributed by atoms with E-state index in [4.69, 9.17) is 9.73 Å². The minimum absolute atomic E-state index is 0. The minimum atomic E-state index is 0. The highest BCUT2D eigenvalue weighted by molar-refractivity contribution is 14.0. The minimum Gasteiger partial charge on any atom is -0.490 e. The summed E-state index contributed by atoms with van der Waals surface area (Å²) >= 11 is 0. The van der Waals surface area contributed by atoms with Gasteiger partial charge in [0.1, 0.15) is 17.7 Å². The standard InChI is InChI=1S/C22H31N5O.HI/c1-4-23-22(25-17-18-10-13-24-21(16-18)26(2)3)27-14-11-20(12-15-27)28-19-8-6-5-7-9-19;/h5-10,13,16,20H,4,11-12,14-15,17H2,1-3H3,(H,23,25);1H. The Bertz CT molecular complexity index is 761. The van der Waals surface area contributed by atoms with Crippen molar-refractivity contribution in [3.8, 4) is 5.75 Å². The van der Waals surface area contributed by atoms with Crippen LogP contribution in [0.15, 0.2) is 53.7 Å². The van der Waals surface area contributed by atoms with Gasteiger partial charge in [-0.2, -0.15) is 0 Å². The molecule has 2 aromatic rings. The van der Waals surface area contributed by atoms with Crippen LogP contribution in [0.2, 0.25) is 0 Å². The number of likely N-dealkylation sites (tertiary alicyclic amines) is 1. The molecule has 1 fully saturated rings. The van der Waals surface area contributed by atoms with Crippen LogP contribution in [0.5, 0.6) is 5.75 Å². The molecule has 0 spiro atoms. The molecule has 7 heteroatoms. The number of aromatic nitrogens is 1. The van der Waals surface area contributed by atoms with Crippen LogP contribution in [-0.2, 0) is 6.54 Å². The van der Waals surface area contributed by atoms with Crippen molar-refractivity contribution in [3.05, 3.63) is 54.2 Å². The third-order valence-corrected chi connectivity index (χ3v) is 4.80. The molecule has 1 aliphatic rings. The molecule has 0 radical (unpaired) electrons. The summed E-state index contributed by atoms with van der Waals surface area (Å²) in [5, 5.41) is 3.43. The van der Waals surface area contributed by atoms with Crippen LogP contribution >= 0.6 is 24.0 Å². The van der Waals surface area contributed by atoms with E-state index in [9.17, 15) is 0 Å². The van der Waals surface area contributed by atoms with Crippen molar-refractivity contribution in [3.63, 3.8) is 0 Å². The van der Waals surface area contributed by atoms with E-state index in [0.717, 1.165) is 55.6 Å². The van der Waals surface area contributed by atoms with E-state index in [0.29, 0.717) is 6.54 Å². The quantitative estimate of drug-likeness (QED) is 0.365. The van der Waals surface area contributed by atoms with Gasteiger partial charge in [-0.05, 0) is 36.8 Å². The summed E-state index contributed by atoms with van der Waals surface area (Å²) in [5.41, 5.74) is 1.16. The van der Waals surface area contributed by atoms with E-state index < -0.39 is 0 Å². The average Bonchev–Trinajstić information content (AvgIpc) is 2.73. The van der Waals surface area contributed by atoms with Crippen molar-refractivity contribution in [1.82, 2.24) is 15.2 Å². The fraction of sp³-hybridized carbons (Fsp3) is 0.455. The Labute approximate surface area is 191 Å². The number of anilines is 1. The van der Waals surface area contributed by atoms with Gasteiger partial charge in [0.25, 0.3) is 0 Å². The van der Waals surface area contributed by atoms with Gasteiger partial charge in [0.15, 0.2) is 5.96 Å². The first-order chi connectivity index (χ1) is 13.7. The number of para-hydroxylation sites is 1. The zero-order valence-electron chi connectivity index (χ0n) is 17.5. The lowest BCUT2D eigenvalue weighted by Crippen LogP contribution is -2.47. The molecule has 0 aliphatic carbocycles. The van der Waals surface area contributed by atoms with Gasteiger partial charge in [-0.25, -0.2) is 9.98 Å². The monoisotopic (exact) mass is 509 g/mol. The third kappa shape index (κ3) is 7.06. The normalized spacial score (nSPS) is 14.9. The molecule has 0 bridgehead atoms. The van der Waals surface area contributed by atoms with Crippen molar-refractivity contribution in [1.29, 1.82) is 0 Å². The number of nitrogens with zero attached hydrogens (tertiary/aromatic N) is 4. The van der Waals surface area contributed by atoms with Crippen molar-refractivity contribution >= 4 is 35.8 Å². The first kappa shape index (κ1) is 23.3. The predicted octanol–water partition coefficient (Wildman–Crippen LogP) is 3.77.